The molecule has 1 aromatic carbocycles. The predicted molar refractivity (Wildman–Crippen MR) is 103 cm³/mol. The van der Waals surface area contributed by atoms with Gasteiger partial charge in [0.15, 0.2) is 18.1 Å². The summed E-state index contributed by atoms with van der Waals surface area (Å²) in [7, 11) is 1.37. The quantitative estimate of drug-likeness (QED) is 0.647. The molecule has 1 aliphatic heterocycles. The minimum absolute atomic E-state index is 0.0255. The summed E-state index contributed by atoms with van der Waals surface area (Å²) in [4.78, 5) is 16.6. The Bertz CT molecular complexity index is 816. The van der Waals surface area contributed by atoms with Crippen LogP contribution in [0.25, 0.3) is 0 Å². The maximum absolute atomic E-state index is 12.5. The maximum atomic E-state index is 12.5. The normalized spacial score (nSPS) is 15.3. The molecule has 0 unspecified atom stereocenters. The molecule has 0 N–H and O–H groups in total. The van der Waals surface area contributed by atoms with E-state index in [0.29, 0.717) is 25.9 Å². The maximum Gasteiger partial charge on any atom is 0.422 e. The van der Waals surface area contributed by atoms with Gasteiger partial charge >= 0.3 is 6.18 Å². The summed E-state index contributed by atoms with van der Waals surface area (Å²) in [6, 6.07) is 8.51. The SMILES string of the molecule is COc1cc(CCC(=O)N2CCN(Cc3ccco3)CC2)ccc1OCC(F)(F)F. The van der Waals surface area contributed by atoms with Crippen molar-refractivity contribution in [1.29, 1.82) is 0 Å². The Hall–Kier alpha value is -2.68. The monoisotopic (exact) mass is 426 g/mol. The van der Waals surface area contributed by atoms with Crippen molar-refractivity contribution >= 4 is 5.91 Å². The van der Waals surface area contributed by atoms with E-state index in [1.54, 1.807) is 18.4 Å². The topological polar surface area (TPSA) is 55.2 Å². The second-order valence-corrected chi connectivity index (χ2v) is 7.13. The van der Waals surface area contributed by atoms with Crippen molar-refractivity contribution in [2.75, 3.05) is 39.9 Å². The van der Waals surface area contributed by atoms with Crippen LogP contribution in [0.3, 0.4) is 0 Å². The highest BCUT2D eigenvalue weighted by Crippen LogP contribution is 2.30. The predicted octanol–water partition coefficient (Wildman–Crippen LogP) is 3.51. The van der Waals surface area contributed by atoms with Crippen molar-refractivity contribution in [2.45, 2.75) is 25.6 Å². The molecule has 1 amide bonds. The molecule has 2 aromatic rings. The van der Waals surface area contributed by atoms with E-state index in [0.717, 1.165) is 31.0 Å². The van der Waals surface area contributed by atoms with E-state index in [1.807, 2.05) is 17.0 Å². The van der Waals surface area contributed by atoms with Crippen LogP contribution in [-0.2, 0) is 17.8 Å². The van der Waals surface area contributed by atoms with Crippen LogP contribution in [0, 0.1) is 0 Å². The van der Waals surface area contributed by atoms with Crippen LogP contribution in [0.4, 0.5) is 13.2 Å². The van der Waals surface area contributed by atoms with Gasteiger partial charge in [0, 0.05) is 32.6 Å². The number of amides is 1. The molecule has 3 rings (SSSR count). The Morgan fingerprint density at radius 1 is 1.13 bits per heavy atom. The van der Waals surface area contributed by atoms with Crippen LogP contribution >= 0.6 is 0 Å². The first-order valence-corrected chi connectivity index (χ1v) is 9.73. The van der Waals surface area contributed by atoms with Crippen LogP contribution in [0.15, 0.2) is 41.0 Å². The van der Waals surface area contributed by atoms with E-state index in [1.165, 1.54) is 13.2 Å². The molecule has 6 nitrogen and oxygen atoms in total. The minimum Gasteiger partial charge on any atom is -0.493 e. The zero-order valence-electron chi connectivity index (χ0n) is 16.8. The number of halogens is 3. The number of furan rings is 1. The molecule has 0 spiro atoms. The third-order valence-corrected chi connectivity index (χ3v) is 4.93. The average Bonchev–Trinajstić information content (AvgIpc) is 3.23. The Balaban J connectivity index is 1.46. The van der Waals surface area contributed by atoms with Gasteiger partial charge in [-0.2, -0.15) is 13.2 Å². The Kier molecular flexibility index (Phi) is 7.25. The van der Waals surface area contributed by atoms with Gasteiger partial charge in [-0.15, -0.1) is 0 Å². The van der Waals surface area contributed by atoms with E-state index in [4.69, 9.17) is 13.9 Å². The molecule has 30 heavy (non-hydrogen) atoms. The number of carbonyl (C=O) groups is 1. The summed E-state index contributed by atoms with van der Waals surface area (Å²) in [6.07, 6.45) is -1.97. The molecule has 0 bridgehead atoms. The lowest BCUT2D eigenvalue weighted by Gasteiger charge is -2.34. The molecule has 2 heterocycles. The van der Waals surface area contributed by atoms with Gasteiger partial charge in [0.05, 0.1) is 19.9 Å². The van der Waals surface area contributed by atoms with Gasteiger partial charge in [-0.25, -0.2) is 0 Å². The summed E-state index contributed by atoms with van der Waals surface area (Å²) in [6.45, 7) is 2.24. The van der Waals surface area contributed by atoms with Gasteiger partial charge < -0.3 is 18.8 Å². The smallest absolute Gasteiger partial charge is 0.422 e. The number of hydrogen-bond donors (Lipinski definition) is 0. The fourth-order valence-corrected chi connectivity index (χ4v) is 3.33. The van der Waals surface area contributed by atoms with Crippen molar-refractivity contribution in [3.8, 4) is 11.5 Å². The van der Waals surface area contributed by atoms with Crippen LogP contribution in [0.2, 0.25) is 0 Å². The minimum atomic E-state index is -4.42. The van der Waals surface area contributed by atoms with Crippen LogP contribution in [-0.4, -0.2) is 61.8 Å². The Morgan fingerprint density at radius 2 is 1.90 bits per heavy atom. The summed E-state index contributed by atoms with van der Waals surface area (Å²) in [5, 5.41) is 0. The van der Waals surface area contributed by atoms with Crippen molar-refractivity contribution in [1.82, 2.24) is 9.80 Å². The number of benzene rings is 1. The summed E-state index contributed by atoms with van der Waals surface area (Å²) >= 11 is 0. The first kappa shape index (κ1) is 22.0. The lowest BCUT2D eigenvalue weighted by Crippen LogP contribution is -2.48. The number of carbonyl (C=O) groups excluding carboxylic acids is 1. The molecule has 9 heteroatoms. The van der Waals surface area contributed by atoms with Crippen LogP contribution < -0.4 is 9.47 Å². The van der Waals surface area contributed by atoms with Crippen molar-refractivity contribution in [2.24, 2.45) is 0 Å². The molecule has 0 atom stereocenters. The second-order valence-electron chi connectivity index (χ2n) is 7.13. The largest absolute Gasteiger partial charge is 0.493 e. The molecule has 0 aliphatic carbocycles. The third kappa shape index (κ3) is 6.41. The molecular formula is C21H25F3N2O4. The first-order valence-electron chi connectivity index (χ1n) is 9.73. The fourth-order valence-electron chi connectivity index (χ4n) is 3.33. The number of methoxy groups -OCH3 is 1. The van der Waals surface area contributed by atoms with E-state index in [9.17, 15) is 18.0 Å². The molecule has 164 valence electrons. The van der Waals surface area contributed by atoms with Gasteiger partial charge in [-0.1, -0.05) is 6.07 Å². The van der Waals surface area contributed by atoms with Crippen LogP contribution in [0.1, 0.15) is 17.7 Å². The van der Waals surface area contributed by atoms with Gasteiger partial charge in [-0.3, -0.25) is 9.69 Å². The third-order valence-electron chi connectivity index (χ3n) is 4.93. The number of rotatable bonds is 8. The molecule has 0 saturated carbocycles. The van der Waals surface area contributed by atoms with Gasteiger partial charge in [0.2, 0.25) is 5.91 Å². The molecule has 1 saturated heterocycles. The first-order chi connectivity index (χ1) is 14.3. The summed E-state index contributed by atoms with van der Waals surface area (Å²) in [5.41, 5.74) is 0.802. The zero-order chi connectivity index (χ0) is 21.6. The van der Waals surface area contributed by atoms with Gasteiger partial charge in [0.1, 0.15) is 5.76 Å². The lowest BCUT2D eigenvalue weighted by atomic mass is 10.1. The van der Waals surface area contributed by atoms with Crippen molar-refractivity contribution < 1.29 is 31.9 Å². The molecular weight excluding hydrogens is 401 g/mol. The molecule has 0 radical (unpaired) electrons. The highest BCUT2D eigenvalue weighted by Gasteiger charge is 2.29. The molecule has 1 aromatic heterocycles. The van der Waals surface area contributed by atoms with Gasteiger partial charge in [-0.05, 0) is 36.2 Å². The number of piperazine rings is 1. The highest BCUT2D eigenvalue weighted by molar-refractivity contribution is 5.76. The zero-order valence-corrected chi connectivity index (χ0v) is 16.8. The van der Waals surface area contributed by atoms with Crippen molar-refractivity contribution in [3.63, 3.8) is 0 Å². The average molecular weight is 426 g/mol. The van der Waals surface area contributed by atoms with E-state index < -0.39 is 12.8 Å². The number of ether oxygens (including phenoxy) is 2. The summed E-state index contributed by atoms with van der Waals surface area (Å²) < 4.78 is 52.3. The fraction of sp³-hybridized carbons (Fsp3) is 0.476. The second kappa shape index (κ2) is 9.88. The lowest BCUT2D eigenvalue weighted by molar-refractivity contribution is -0.153. The Labute approximate surface area is 173 Å². The molecule has 1 aliphatic rings. The number of alkyl halides is 3. The van der Waals surface area contributed by atoms with Crippen molar-refractivity contribution in [3.05, 3.63) is 47.9 Å². The summed E-state index contributed by atoms with van der Waals surface area (Å²) in [5.74, 6) is 1.21. The number of aryl methyl sites for hydroxylation is 1. The Morgan fingerprint density at radius 3 is 2.53 bits per heavy atom. The van der Waals surface area contributed by atoms with E-state index in [2.05, 4.69) is 4.90 Å². The van der Waals surface area contributed by atoms with Crippen LogP contribution in [0.5, 0.6) is 11.5 Å². The standard InChI is InChI=1S/C21H25F3N2O4/c1-28-19-13-16(4-6-18(19)30-15-21(22,23)24)5-7-20(27)26-10-8-25(9-11-26)14-17-3-2-12-29-17/h2-4,6,12-13H,5,7-11,14-15H2,1H3. The number of nitrogens with zero attached hydrogens (tertiary/aromatic N) is 2. The highest BCUT2D eigenvalue weighted by atomic mass is 19.4. The van der Waals surface area contributed by atoms with E-state index in [-0.39, 0.29) is 17.4 Å². The van der Waals surface area contributed by atoms with Gasteiger partial charge in [0.25, 0.3) is 0 Å². The van der Waals surface area contributed by atoms with E-state index >= 15 is 0 Å². The number of hydrogen-bond acceptors (Lipinski definition) is 5. The molecule has 1 fully saturated rings.